The quantitative estimate of drug-likeness (QED) is 0.795. The first-order valence-electron chi connectivity index (χ1n) is 9.66. The smallest absolute Gasteiger partial charge is 0.230 e. The van der Waals surface area contributed by atoms with Crippen molar-refractivity contribution >= 4 is 17.6 Å². The Bertz CT molecular complexity index is 772. The van der Waals surface area contributed by atoms with Gasteiger partial charge in [0.1, 0.15) is 11.6 Å². The fourth-order valence-corrected chi connectivity index (χ4v) is 3.56. The van der Waals surface area contributed by atoms with Crippen molar-refractivity contribution in [2.45, 2.75) is 6.54 Å². The van der Waals surface area contributed by atoms with E-state index in [1.54, 1.807) is 7.11 Å². The summed E-state index contributed by atoms with van der Waals surface area (Å²) >= 11 is 0. The van der Waals surface area contributed by atoms with E-state index in [9.17, 15) is 0 Å². The average Bonchev–Trinajstić information content (AvgIpc) is 2.75. The summed E-state index contributed by atoms with van der Waals surface area (Å²) in [6.45, 7) is 7.44. The minimum absolute atomic E-state index is 0.281. The van der Waals surface area contributed by atoms with Crippen molar-refractivity contribution in [3.63, 3.8) is 0 Å². The molecule has 9 heteroatoms. The molecule has 2 saturated heterocycles. The minimum Gasteiger partial charge on any atom is -0.497 e. The molecule has 0 aliphatic carbocycles. The number of nitrogen functional groups attached to an aromatic ring is 1. The van der Waals surface area contributed by atoms with Crippen LogP contribution in [0.5, 0.6) is 5.75 Å². The molecule has 4 rings (SSSR count). The molecule has 28 heavy (non-hydrogen) atoms. The van der Waals surface area contributed by atoms with Crippen LogP contribution < -0.4 is 20.3 Å². The fourth-order valence-electron chi connectivity index (χ4n) is 3.56. The van der Waals surface area contributed by atoms with Crippen molar-refractivity contribution in [3.8, 4) is 5.75 Å². The van der Waals surface area contributed by atoms with Gasteiger partial charge in [-0.25, -0.2) is 0 Å². The van der Waals surface area contributed by atoms with E-state index in [-0.39, 0.29) is 5.95 Å². The molecule has 0 atom stereocenters. The van der Waals surface area contributed by atoms with Gasteiger partial charge in [0.25, 0.3) is 0 Å². The first-order valence-corrected chi connectivity index (χ1v) is 9.66. The van der Waals surface area contributed by atoms with Crippen molar-refractivity contribution in [1.82, 2.24) is 19.9 Å². The second kappa shape index (κ2) is 8.57. The number of rotatable bonds is 5. The predicted octanol–water partition coefficient (Wildman–Crippen LogP) is 0.621. The standard InChI is InChI=1S/C19H27N7O2/c1-27-16-4-2-15(3-5-16)25-8-6-24(7-9-25)14-17-21-18(20)23-19(22-17)26-10-12-28-13-11-26/h2-5H,6-14H2,1H3,(H2,20,21,22,23). The molecule has 3 heterocycles. The van der Waals surface area contributed by atoms with Crippen LogP contribution in [0.3, 0.4) is 0 Å². The van der Waals surface area contributed by atoms with Crippen LogP contribution in [0.1, 0.15) is 5.82 Å². The summed E-state index contributed by atoms with van der Waals surface area (Å²) < 4.78 is 10.6. The van der Waals surface area contributed by atoms with Gasteiger partial charge in [-0.3, -0.25) is 4.90 Å². The van der Waals surface area contributed by atoms with Crippen molar-refractivity contribution in [2.24, 2.45) is 0 Å². The summed E-state index contributed by atoms with van der Waals surface area (Å²) in [4.78, 5) is 20.1. The maximum atomic E-state index is 5.94. The molecule has 0 saturated carbocycles. The molecule has 1 aromatic carbocycles. The molecule has 2 aliphatic rings. The topological polar surface area (TPSA) is 92.9 Å². The molecule has 2 aromatic rings. The van der Waals surface area contributed by atoms with E-state index >= 15 is 0 Å². The van der Waals surface area contributed by atoms with Gasteiger partial charge in [0, 0.05) is 45.0 Å². The van der Waals surface area contributed by atoms with Gasteiger partial charge < -0.3 is 25.0 Å². The fraction of sp³-hybridized carbons (Fsp3) is 0.526. The lowest BCUT2D eigenvalue weighted by molar-refractivity contribution is 0.122. The molecule has 150 valence electrons. The highest BCUT2D eigenvalue weighted by Crippen LogP contribution is 2.21. The van der Waals surface area contributed by atoms with Crippen LogP contribution in [0.15, 0.2) is 24.3 Å². The van der Waals surface area contributed by atoms with Crippen molar-refractivity contribution in [2.75, 3.05) is 75.1 Å². The zero-order valence-corrected chi connectivity index (χ0v) is 16.3. The lowest BCUT2D eigenvalue weighted by Crippen LogP contribution is -2.46. The molecule has 2 aliphatic heterocycles. The zero-order chi connectivity index (χ0) is 19.3. The second-order valence-electron chi connectivity index (χ2n) is 6.97. The van der Waals surface area contributed by atoms with Crippen LogP contribution in [0.25, 0.3) is 0 Å². The number of nitrogens with zero attached hydrogens (tertiary/aromatic N) is 6. The number of benzene rings is 1. The number of piperazine rings is 1. The number of morpholine rings is 1. The molecule has 0 bridgehead atoms. The monoisotopic (exact) mass is 385 g/mol. The lowest BCUT2D eigenvalue weighted by Gasteiger charge is -2.36. The molecule has 0 radical (unpaired) electrons. The number of ether oxygens (including phenoxy) is 2. The Morgan fingerprint density at radius 3 is 2.32 bits per heavy atom. The Morgan fingerprint density at radius 2 is 1.64 bits per heavy atom. The summed E-state index contributed by atoms with van der Waals surface area (Å²) in [7, 11) is 1.69. The van der Waals surface area contributed by atoms with Gasteiger partial charge in [-0.1, -0.05) is 0 Å². The highest BCUT2D eigenvalue weighted by atomic mass is 16.5. The van der Waals surface area contributed by atoms with Crippen LogP contribution in [-0.4, -0.2) is 79.4 Å². The predicted molar refractivity (Wildman–Crippen MR) is 108 cm³/mol. The number of hydrogen-bond donors (Lipinski definition) is 1. The number of methoxy groups -OCH3 is 1. The van der Waals surface area contributed by atoms with Gasteiger partial charge in [-0.05, 0) is 24.3 Å². The maximum absolute atomic E-state index is 5.94. The summed E-state index contributed by atoms with van der Waals surface area (Å²) in [5.41, 5.74) is 7.16. The van der Waals surface area contributed by atoms with Crippen LogP contribution in [0.2, 0.25) is 0 Å². The molecule has 2 fully saturated rings. The lowest BCUT2D eigenvalue weighted by atomic mass is 10.2. The zero-order valence-electron chi connectivity index (χ0n) is 16.3. The van der Waals surface area contributed by atoms with Crippen LogP contribution >= 0.6 is 0 Å². The molecule has 2 N–H and O–H groups in total. The minimum atomic E-state index is 0.281. The van der Waals surface area contributed by atoms with Gasteiger partial charge in [-0.15, -0.1) is 0 Å². The van der Waals surface area contributed by atoms with Crippen molar-refractivity contribution in [1.29, 1.82) is 0 Å². The molecular formula is C19H27N7O2. The summed E-state index contributed by atoms with van der Waals surface area (Å²) in [6.07, 6.45) is 0. The van der Waals surface area contributed by atoms with Crippen molar-refractivity contribution in [3.05, 3.63) is 30.1 Å². The van der Waals surface area contributed by atoms with E-state index in [0.29, 0.717) is 25.7 Å². The van der Waals surface area contributed by atoms with E-state index in [2.05, 4.69) is 41.8 Å². The van der Waals surface area contributed by atoms with E-state index in [1.165, 1.54) is 5.69 Å². The first-order chi connectivity index (χ1) is 13.7. The SMILES string of the molecule is COc1ccc(N2CCN(Cc3nc(N)nc(N4CCOCC4)n3)CC2)cc1. The summed E-state index contributed by atoms with van der Waals surface area (Å²) in [5, 5.41) is 0. The van der Waals surface area contributed by atoms with E-state index < -0.39 is 0 Å². The van der Waals surface area contributed by atoms with Gasteiger partial charge in [0.2, 0.25) is 11.9 Å². The number of nitrogens with two attached hydrogens (primary N) is 1. The molecule has 0 unspecified atom stereocenters. The van der Waals surface area contributed by atoms with Gasteiger partial charge in [0.05, 0.1) is 26.9 Å². The maximum Gasteiger partial charge on any atom is 0.230 e. The molecule has 9 nitrogen and oxygen atoms in total. The Labute approximate surface area is 165 Å². The van der Waals surface area contributed by atoms with E-state index in [4.69, 9.17) is 15.2 Å². The Kier molecular flexibility index (Phi) is 5.73. The highest BCUT2D eigenvalue weighted by Gasteiger charge is 2.20. The normalized spacial score (nSPS) is 18.3. The number of aromatic nitrogens is 3. The Balaban J connectivity index is 1.35. The third-order valence-corrected chi connectivity index (χ3v) is 5.16. The van der Waals surface area contributed by atoms with Gasteiger partial charge >= 0.3 is 0 Å². The molecule has 0 spiro atoms. The van der Waals surface area contributed by atoms with Crippen molar-refractivity contribution < 1.29 is 9.47 Å². The summed E-state index contributed by atoms with van der Waals surface area (Å²) in [6, 6.07) is 8.22. The third kappa shape index (κ3) is 4.42. The van der Waals surface area contributed by atoms with E-state index in [1.807, 2.05) is 12.1 Å². The van der Waals surface area contributed by atoms with Crippen LogP contribution in [0.4, 0.5) is 17.6 Å². The first kappa shape index (κ1) is 18.7. The molecular weight excluding hydrogens is 358 g/mol. The Hall–Kier alpha value is -2.65. The number of hydrogen-bond acceptors (Lipinski definition) is 9. The van der Waals surface area contributed by atoms with Crippen LogP contribution in [-0.2, 0) is 11.3 Å². The molecule has 1 aromatic heterocycles. The summed E-state index contributed by atoms with van der Waals surface area (Å²) in [5.74, 6) is 2.55. The molecule has 0 amide bonds. The van der Waals surface area contributed by atoms with Crippen LogP contribution in [0, 0.1) is 0 Å². The largest absolute Gasteiger partial charge is 0.497 e. The van der Waals surface area contributed by atoms with Gasteiger partial charge in [-0.2, -0.15) is 15.0 Å². The van der Waals surface area contributed by atoms with E-state index in [0.717, 1.165) is 50.8 Å². The average molecular weight is 385 g/mol. The Morgan fingerprint density at radius 1 is 0.929 bits per heavy atom. The number of anilines is 3. The second-order valence-corrected chi connectivity index (χ2v) is 6.97. The highest BCUT2D eigenvalue weighted by molar-refractivity contribution is 5.49. The third-order valence-electron chi connectivity index (χ3n) is 5.16. The van der Waals surface area contributed by atoms with Gasteiger partial charge in [0.15, 0.2) is 0 Å².